The van der Waals surface area contributed by atoms with E-state index in [2.05, 4.69) is 45.0 Å². The molecule has 1 fully saturated rings. The lowest BCUT2D eigenvalue weighted by Crippen LogP contribution is -2.46. The normalized spacial score (nSPS) is 16.7. The highest BCUT2D eigenvalue weighted by Gasteiger charge is 2.18. The standard InChI is InChI=1S/C14H25N5/c1-4-6-18-7-9-19(10-8-18)14-11-13(15-3)16-12(5-2)17-14/h11H,4-10H2,1-3H3,(H,15,16,17). The monoisotopic (exact) mass is 263 g/mol. The summed E-state index contributed by atoms with van der Waals surface area (Å²) in [5.41, 5.74) is 0. The molecule has 0 atom stereocenters. The fraction of sp³-hybridized carbons (Fsp3) is 0.714. The third-order valence-corrected chi connectivity index (χ3v) is 3.57. The summed E-state index contributed by atoms with van der Waals surface area (Å²) in [7, 11) is 1.91. The SMILES string of the molecule is CCCN1CCN(c2cc(NC)nc(CC)n2)CC1. The highest BCUT2D eigenvalue weighted by atomic mass is 15.3. The molecule has 106 valence electrons. The fourth-order valence-electron chi connectivity index (χ4n) is 2.45. The van der Waals surface area contributed by atoms with Crippen LogP contribution in [0.1, 0.15) is 26.1 Å². The van der Waals surface area contributed by atoms with Crippen LogP contribution in [0.25, 0.3) is 0 Å². The summed E-state index contributed by atoms with van der Waals surface area (Å²) in [6, 6.07) is 2.05. The van der Waals surface area contributed by atoms with E-state index in [0.29, 0.717) is 0 Å². The van der Waals surface area contributed by atoms with Crippen LogP contribution in [0.2, 0.25) is 0 Å². The molecule has 0 radical (unpaired) electrons. The van der Waals surface area contributed by atoms with Gasteiger partial charge in [0.05, 0.1) is 0 Å². The lowest BCUT2D eigenvalue weighted by Gasteiger charge is -2.35. The van der Waals surface area contributed by atoms with E-state index >= 15 is 0 Å². The van der Waals surface area contributed by atoms with E-state index in [9.17, 15) is 0 Å². The van der Waals surface area contributed by atoms with Crippen molar-refractivity contribution in [3.63, 3.8) is 0 Å². The molecule has 0 amide bonds. The average Bonchev–Trinajstić information content (AvgIpc) is 2.47. The number of anilines is 2. The predicted octanol–water partition coefficient (Wildman–Crippen LogP) is 1.61. The number of aryl methyl sites for hydroxylation is 1. The van der Waals surface area contributed by atoms with Gasteiger partial charge in [-0.25, -0.2) is 9.97 Å². The molecule has 19 heavy (non-hydrogen) atoms. The molecule has 1 aromatic heterocycles. The molecule has 0 bridgehead atoms. The minimum Gasteiger partial charge on any atom is -0.373 e. The molecule has 2 heterocycles. The summed E-state index contributed by atoms with van der Waals surface area (Å²) in [5.74, 6) is 2.89. The van der Waals surface area contributed by atoms with E-state index in [1.54, 1.807) is 0 Å². The Hall–Kier alpha value is -1.36. The van der Waals surface area contributed by atoms with Crippen molar-refractivity contribution in [2.45, 2.75) is 26.7 Å². The average molecular weight is 263 g/mol. The zero-order chi connectivity index (χ0) is 13.7. The highest BCUT2D eigenvalue weighted by Crippen LogP contribution is 2.18. The first kappa shape index (κ1) is 14.1. The highest BCUT2D eigenvalue weighted by molar-refractivity contribution is 5.49. The van der Waals surface area contributed by atoms with E-state index in [4.69, 9.17) is 0 Å². The van der Waals surface area contributed by atoms with Crippen molar-refractivity contribution < 1.29 is 0 Å². The van der Waals surface area contributed by atoms with Gasteiger partial charge in [-0.2, -0.15) is 0 Å². The molecule has 0 aromatic carbocycles. The molecule has 5 nitrogen and oxygen atoms in total. The van der Waals surface area contributed by atoms with E-state index in [1.807, 2.05) is 7.05 Å². The van der Waals surface area contributed by atoms with Crippen molar-refractivity contribution in [3.05, 3.63) is 11.9 Å². The minimum atomic E-state index is 0.873. The molecule has 1 aromatic rings. The van der Waals surface area contributed by atoms with Crippen LogP contribution in [0.15, 0.2) is 6.07 Å². The van der Waals surface area contributed by atoms with Gasteiger partial charge >= 0.3 is 0 Å². The molecule has 0 unspecified atom stereocenters. The second-order valence-electron chi connectivity index (χ2n) is 4.96. The van der Waals surface area contributed by atoms with Gasteiger partial charge in [-0.1, -0.05) is 13.8 Å². The Kier molecular flexibility index (Phi) is 4.96. The molecule has 1 N–H and O–H groups in total. The van der Waals surface area contributed by atoms with Gasteiger partial charge in [0.2, 0.25) is 0 Å². The molecular formula is C14H25N5. The summed E-state index contributed by atoms with van der Waals surface area (Å²) < 4.78 is 0. The summed E-state index contributed by atoms with van der Waals surface area (Å²) in [6.07, 6.45) is 2.11. The smallest absolute Gasteiger partial charge is 0.134 e. The zero-order valence-electron chi connectivity index (χ0n) is 12.3. The predicted molar refractivity (Wildman–Crippen MR) is 79.9 cm³/mol. The Bertz CT molecular complexity index is 377. The Morgan fingerprint density at radius 1 is 1.16 bits per heavy atom. The van der Waals surface area contributed by atoms with E-state index < -0.39 is 0 Å². The number of hydrogen-bond acceptors (Lipinski definition) is 5. The summed E-state index contributed by atoms with van der Waals surface area (Å²) in [5, 5.41) is 3.12. The maximum atomic E-state index is 4.65. The number of rotatable bonds is 5. The van der Waals surface area contributed by atoms with E-state index in [0.717, 1.165) is 50.1 Å². The topological polar surface area (TPSA) is 44.3 Å². The molecule has 0 aliphatic carbocycles. The molecule has 1 saturated heterocycles. The zero-order valence-corrected chi connectivity index (χ0v) is 12.3. The van der Waals surface area contributed by atoms with Crippen molar-refractivity contribution in [2.24, 2.45) is 0 Å². The number of aromatic nitrogens is 2. The van der Waals surface area contributed by atoms with Crippen molar-refractivity contribution in [2.75, 3.05) is 50.0 Å². The lowest BCUT2D eigenvalue weighted by molar-refractivity contribution is 0.258. The van der Waals surface area contributed by atoms with Crippen LogP contribution in [0.4, 0.5) is 11.6 Å². The number of hydrogen-bond donors (Lipinski definition) is 1. The van der Waals surface area contributed by atoms with Gasteiger partial charge in [-0.05, 0) is 13.0 Å². The molecule has 2 rings (SSSR count). The Labute approximate surface area is 116 Å². The van der Waals surface area contributed by atoms with Crippen LogP contribution in [0, 0.1) is 0 Å². The Balaban J connectivity index is 2.06. The van der Waals surface area contributed by atoms with Crippen molar-refractivity contribution in [1.82, 2.24) is 14.9 Å². The first-order valence-electron chi connectivity index (χ1n) is 7.29. The van der Waals surface area contributed by atoms with Gasteiger partial charge < -0.3 is 10.2 Å². The molecule has 0 saturated carbocycles. The summed E-state index contributed by atoms with van der Waals surface area (Å²) in [4.78, 5) is 14.0. The van der Waals surface area contributed by atoms with Crippen LogP contribution in [-0.2, 0) is 6.42 Å². The lowest BCUT2D eigenvalue weighted by atomic mass is 10.3. The van der Waals surface area contributed by atoms with Gasteiger partial charge in [-0.3, -0.25) is 4.90 Å². The first-order chi connectivity index (χ1) is 9.26. The van der Waals surface area contributed by atoms with E-state index in [-0.39, 0.29) is 0 Å². The van der Waals surface area contributed by atoms with Gasteiger partial charge in [0.1, 0.15) is 17.5 Å². The summed E-state index contributed by atoms with van der Waals surface area (Å²) in [6.45, 7) is 9.93. The van der Waals surface area contributed by atoms with Gasteiger partial charge in [0.25, 0.3) is 0 Å². The Morgan fingerprint density at radius 2 is 1.89 bits per heavy atom. The number of nitrogens with one attached hydrogen (secondary N) is 1. The van der Waals surface area contributed by atoms with Crippen molar-refractivity contribution in [3.8, 4) is 0 Å². The molecule has 5 heteroatoms. The van der Waals surface area contributed by atoms with Crippen LogP contribution in [0.5, 0.6) is 0 Å². The van der Waals surface area contributed by atoms with Crippen LogP contribution in [0.3, 0.4) is 0 Å². The molecular weight excluding hydrogens is 238 g/mol. The minimum absolute atomic E-state index is 0.873. The number of piperazine rings is 1. The summed E-state index contributed by atoms with van der Waals surface area (Å²) >= 11 is 0. The largest absolute Gasteiger partial charge is 0.373 e. The van der Waals surface area contributed by atoms with Crippen LogP contribution >= 0.6 is 0 Å². The van der Waals surface area contributed by atoms with E-state index in [1.165, 1.54) is 13.0 Å². The second-order valence-corrected chi connectivity index (χ2v) is 4.96. The molecule has 0 spiro atoms. The maximum Gasteiger partial charge on any atom is 0.134 e. The third-order valence-electron chi connectivity index (χ3n) is 3.57. The Morgan fingerprint density at radius 3 is 2.47 bits per heavy atom. The molecule has 1 aliphatic rings. The second kappa shape index (κ2) is 6.70. The van der Waals surface area contributed by atoms with Crippen LogP contribution in [-0.4, -0.2) is 54.6 Å². The first-order valence-corrected chi connectivity index (χ1v) is 7.29. The van der Waals surface area contributed by atoms with Crippen molar-refractivity contribution in [1.29, 1.82) is 0 Å². The van der Waals surface area contributed by atoms with Crippen LogP contribution < -0.4 is 10.2 Å². The van der Waals surface area contributed by atoms with Gasteiger partial charge in [-0.15, -0.1) is 0 Å². The number of nitrogens with zero attached hydrogens (tertiary/aromatic N) is 4. The fourth-order valence-corrected chi connectivity index (χ4v) is 2.45. The van der Waals surface area contributed by atoms with Gasteiger partial charge in [0.15, 0.2) is 0 Å². The van der Waals surface area contributed by atoms with Crippen molar-refractivity contribution >= 4 is 11.6 Å². The van der Waals surface area contributed by atoms with Gasteiger partial charge in [0, 0.05) is 45.7 Å². The quantitative estimate of drug-likeness (QED) is 0.874. The maximum absolute atomic E-state index is 4.65. The third kappa shape index (κ3) is 3.56. The molecule has 1 aliphatic heterocycles.